The van der Waals surface area contributed by atoms with Gasteiger partial charge in [0.05, 0.1) is 12.7 Å². The van der Waals surface area contributed by atoms with E-state index >= 15 is 0 Å². The summed E-state index contributed by atoms with van der Waals surface area (Å²) in [5.74, 6) is 1.44. The van der Waals surface area contributed by atoms with Gasteiger partial charge in [-0.1, -0.05) is 12.1 Å². The maximum absolute atomic E-state index is 9.49. The van der Waals surface area contributed by atoms with Gasteiger partial charge in [0, 0.05) is 13.2 Å². The van der Waals surface area contributed by atoms with Gasteiger partial charge in [0.15, 0.2) is 0 Å². The Bertz CT molecular complexity index is 343. The predicted octanol–water partition coefficient (Wildman–Crippen LogP) is 2.55. The highest BCUT2D eigenvalue weighted by Crippen LogP contribution is 2.21. The van der Waals surface area contributed by atoms with Crippen molar-refractivity contribution in [2.75, 3.05) is 19.8 Å². The molecule has 1 N–H and O–H groups in total. The summed E-state index contributed by atoms with van der Waals surface area (Å²) < 4.78 is 11.1. The quantitative estimate of drug-likeness (QED) is 0.873. The lowest BCUT2D eigenvalue weighted by atomic mass is 10.0. The molecule has 2 rings (SSSR count). The molecule has 0 bridgehead atoms. The number of rotatable bonds is 4. The Balaban J connectivity index is 1.87. The number of aliphatic hydroxyl groups is 1. The van der Waals surface area contributed by atoms with Gasteiger partial charge in [-0.3, -0.25) is 0 Å². The molecule has 1 fully saturated rings. The van der Waals surface area contributed by atoms with Gasteiger partial charge in [-0.25, -0.2) is 0 Å². The van der Waals surface area contributed by atoms with Crippen LogP contribution in [0.1, 0.15) is 31.4 Å². The number of benzene rings is 1. The van der Waals surface area contributed by atoms with E-state index in [0.29, 0.717) is 5.92 Å². The molecule has 0 saturated carbocycles. The molecule has 1 unspecified atom stereocenters. The normalized spacial score (nSPS) is 18.9. The Hall–Kier alpha value is -1.06. The summed E-state index contributed by atoms with van der Waals surface area (Å²) in [6.45, 7) is 4.20. The van der Waals surface area contributed by atoms with Crippen LogP contribution in [0.5, 0.6) is 5.75 Å². The van der Waals surface area contributed by atoms with Crippen LogP contribution in [-0.4, -0.2) is 24.9 Å². The summed E-state index contributed by atoms with van der Waals surface area (Å²) in [5, 5.41) is 9.49. The average Bonchev–Trinajstić information content (AvgIpc) is 2.38. The third-order valence-electron chi connectivity index (χ3n) is 3.17. The van der Waals surface area contributed by atoms with E-state index in [-0.39, 0.29) is 0 Å². The van der Waals surface area contributed by atoms with Gasteiger partial charge in [-0.05, 0) is 43.4 Å². The lowest BCUT2D eigenvalue weighted by Gasteiger charge is -2.22. The molecule has 3 heteroatoms. The number of aliphatic hydroxyl groups excluding tert-OH is 1. The van der Waals surface area contributed by atoms with Gasteiger partial charge in [0.25, 0.3) is 0 Å². The summed E-state index contributed by atoms with van der Waals surface area (Å²) in [7, 11) is 0. The Morgan fingerprint density at radius 2 is 2.18 bits per heavy atom. The van der Waals surface area contributed by atoms with E-state index in [4.69, 9.17) is 9.47 Å². The minimum atomic E-state index is -0.443. The molecule has 0 aliphatic carbocycles. The fourth-order valence-corrected chi connectivity index (χ4v) is 1.99. The molecule has 1 aliphatic heterocycles. The van der Waals surface area contributed by atoms with E-state index in [1.165, 1.54) is 0 Å². The lowest BCUT2D eigenvalue weighted by Crippen LogP contribution is -2.21. The molecule has 1 aromatic rings. The van der Waals surface area contributed by atoms with Crippen LogP contribution < -0.4 is 4.74 Å². The first-order valence-corrected chi connectivity index (χ1v) is 6.24. The first kappa shape index (κ1) is 12.4. The molecule has 1 heterocycles. The van der Waals surface area contributed by atoms with E-state index < -0.39 is 6.10 Å². The van der Waals surface area contributed by atoms with Crippen molar-refractivity contribution in [3.05, 3.63) is 29.8 Å². The van der Waals surface area contributed by atoms with Crippen LogP contribution >= 0.6 is 0 Å². The van der Waals surface area contributed by atoms with E-state index in [9.17, 15) is 5.11 Å². The topological polar surface area (TPSA) is 38.7 Å². The zero-order valence-electron chi connectivity index (χ0n) is 10.3. The molecule has 0 aromatic heterocycles. The van der Waals surface area contributed by atoms with Crippen LogP contribution in [0.25, 0.3) is 0 Å². The molecule has 1 aliphatic rings. The molecule has 0 amide bonds. The summed E-state index contributed by atoms with van der Waals surface area (Å²) >= 11 is 0. The van der Waals surface area contributed by atoms with E-state index in [0.717, 1.165) is 44.0 Å². The second kappa shape index (κ2) is 6.03. The number of hydrogen-bond acceptors (Lipinski definition) is 3. The zero-order chi connectivity index (χ0) is 12.1. The van der Waals surface area contributed by atoms with Crippen LogP contribution in [0, 0.1) is 5.92 Å². The average molecular weight is 236 g/mol. The van der Waals surface area contributed by atoms with Crippen LogP contribution in [0.3, 0.4) is 0 Å². The number of ether oxygens (including phenoxy) is 2. The highest BCUT2D eigenvalue weighted by molar-refractivity contribution is 5.29. The van der Waals surface area contributed by atoms with E-state index in [1.807, 2.05) is 24.3 Å². The molecule has 1 aromatic carbocycles. The third kappa shape index (κ3) is 3.72. The fourth-order valence-electron chi connectivity index (χ4n) is 1.99. The van der Waals surface area contributed by atoms with Crippen LogP contribution in [-0.2, 0) is 4.74 Å². The first-order valence-electron chi connectivity index (χ1n) is 6.24. The van der Waals surface area contributed by atoms with Crippen LogP contribution in [0.15, 0.2) is 24.3 Å². The summed E-state index contributed by atoms with van der Waals surface area (Å²) in [6, 6.07) is 7.67. The Morgan fingerprint density at radius 3 is 2.88 bits per heavy atom. The Morgan fingerprint density at radius 1 is 1.41 bits per heavy atom. The van der Waals surface area contributed by atoms with Gasteiger partial charge >= 0.3 is 0 Å². The molecule has 3 nitrogen and oxygen atoms in total. The monoisotopic (exact) mass is 236 g/mol. The molecule has 17 heavy (non-hydrogen) atoms. The summed E-state index contributed by atoms with van der Waals surface area (Å²) in [4.78, 5) is 0. The number of hydrogen-bond donors (Lipinski definition) is 1. The summed E-state index contributed by atoms with van der Waals surface area (Å²) in [5.41, 5.74) is 0.898. The second-order valence-electron chi connectivity index (χ2n) is 4.62. The molecule has 0 spiro atoms. The molecule has 1 atom stereocenters. The van der Waals surface area contributed by atoms with Gasteiger partial charge in [-0.15, -0.1) is 0 Å². The van der Waals surface area contributed by atoms with Gasteiger partial charge in [0.1, 0.15) is 5.75 Å². The first-order chi connectivity index (χ1) is 8.25. The van der Waals surface area contributed by atoms with Crippen molar-refractivity contribution in [3.8, 4) is 5.75 Å². The predicted molar refractivity (Wildman–Crippen MR) is 66.1 cm³/mol. The fraction of sp³-hybridized carbons (Fsp3) is 0.571. The molecular weight excluding hydrogens is 216 g/mol. The highest BCUT2D eigenvalue weighted by Gasteiger charge is 2.14. The van der Waals surface area contributed by atoms with Crippen LogP contribution in [0.4, 0.5) is 0 Å². The molecule has 1 saturated heterocycles. The smallest absolute Gasteiger partial charge is 0.119 e. The molecule has 0 radical (unpaired) electrons. The van der Waals surface area contributed by atoms with Crippen molar-refractivity contribution in [2.24, 2.45) is 5.92 Å². The van der Waals surface area contributed by atoms with Crippen molar-refractivity contribution in [3.63, 3.8) is 0 Å². The van der Waals surface area contributed by atoms with Crippen LogP contribution in [0.2, 0.25) is 0 Å². The van der Waals surface area contributed by atoms with Crippen molar-refractivity contribution in [1.82, 2.24) is 0 Å². The van der Waals surface area contributed by atoms with E-state index in [1.54, 1.807) is 6.92 Å². The van der Waals surface area contributed by atoms with Gasteiger partial charge in [-0.2, -0.15) is 0 Å². The standard InChI is InChI=1S/C14H20O3/c1-11(15)13-3-2-4-14(9-13)17-10-12-5-7-16-8-6-12/h2-4,9,11-12,15H,5-8,10H2,1H3. The second-order valence-corrected chi connectivity index (χ2v) is 4.62. The molecular formula is C14H20O3. The van der Waals surface area contributed by atoms with Crippen molar-refractivity contribution in [1.29, 1.82) is 0 Å². The lowest BCUT2D eigenvalue weighted by molar-refractivity contribution is 0.0497. The Labute approximate surface area is 102 Å². The zero-order valence-corrected chi connectivity index (χ0v) is 10.3. The largest absolute Gasteiger partial charge is 0.493 e. The minimum absolute atomic E-state index is 0.443. The Kier molecular flexibility index (Phi) is 4.40. The van der Waals surface area contributed by atoms with Crippen molar-refractivity contribution >= 4 is 0 Å². The van der Waals surface area contributed by atoms with E-state index in [2.05, 4.69) is 0 Å². The highest BCUT2D eigenvalue weighted by atomic mass is 16.5. The molecule has 94 valence electrons. The van der Waals surface area contributed by atoms with Crippen molar-refractivity contribution in [2.45, 2.75) is 25.9 Å². The van der Waals surface area contributed by atoms with Gasteiger partial charge < -0.3 is 14.6 Å². The maximum atomic E-state index is 9.49. The van der Waals surface area contributed by atoms with Gasteiger partial charge in [0.2, 0.25) is 0 Å². The summed E-state index contributed by atoms with van der Waals surface area (Å²) in [6.07, 6.45) is 1.72. The van der Waals surface area contributed by atoms with Crippen molar-refractivity contribution < 1.29 is 14.6 Å². The SMILES string of the molecule is CC(O)c1cccc(OCC2CCOCC2)c1. The minimum Gasteiger partial charge on any atom is -0.493 e. The maximum Gasteiger partial charge on any atom is 0.119 e. The third-order valence-corrected chi connectivity index (χ3v) is 3.17.